The van der Waals surface area contributed by atoms with Crippen molar-refractivity contribution in [2.24, 2.45) is 0 Å². The SMILES string of the molecule is CCCCCCCCCCCCCCCCCCn1cc[n+](CCCC)c1CC. The Labute approximate surface area is 183 Å². The summed E-state index contributed by atoms with van der Waals surface area (Å²) in [4.78, 5) is 0. The number of nitrogens with zero attached hydrogens (tertiary/aromatic N) is 2. The predicted molar refractivity (Wildman–Crippen MR) is 128 cm³/mol. The molecule has 1 aromatic rings. The van der Waals surface area contributed by atoms with Crippen molar-refractivity contribution >= 4 is 0 Å². The van der Waals surface area contributed by atoms with Gasteiger partial charge in [0.05, 0.1) is 13.1 Å². The maximum atomic E-state index is 2.50. The lowest BCUT2D eigenvalue weighted by molar-refractivity contribution is -0.704. The van der Waals surface area contributed by atoms with Crippen molar-refractivity contribution in [3.63, 3.8) is 0 Å². The topological polar surface area (TPSA) is 8.81 Å². The van der Waals surface area contributed by atoms with Gasteiger partial charge < -0.3 is 0 Å². The Morgan fingerprint density at radius 3 is 1.48 bits per heavy atom. The summed E-state index contributed by atoms with van der Waals surface area (Å²) in [6.45, 7) is 9.27. The molecule has 0 bridgehead atoms. The zero-order valence-corrected chi connectivity index (χ0v) is 20.4. The Morgan fingerprint density at radius 2 is 1.03 bits per heavy atom. The van der Waals surface area contributed by atoms with Crippen molar-refractivity contribution in [2.45, 2.75) is 156 Å². The number of unbranched alkanes of at least 4 members (excludes halogenated alkanes) is 16. The summed E-state index contributed by atoms with van der Waals surface area (Å²) in [5, 5.41) is 0. The molecule has 1 heterocycles. The summed E-state index contributed by atoms with van der Waals surface area (Å²) >= 11 is 0. The van der Waals surface area contributed by atoms with Gasteiger partial charge >= 0.3 is 0 Å². The number of hydrogen-bond donors (Lipinski definition) is 0. The van der Waals surface area contributed by atoms with Crippen LogP contribution in [0.2, 0.25) is 0 Å². The van der Waals surface area contributed by atoms with E-state index < -0.39 is 0 Å². The second-order valence-electron chi connectivity index (χ2n) is 9.11. The highest BCUT2D eigenvalue weighted by molar-refractivity contribution is 4.83. The summed E-state index contributed by atoms with van der Waals surface area (Å²) in [5.74, 6) is 1.51. The van der Waals surface area contributed by atoms with E-state index >= 15 is 0 Å². The van der Waals surface area contributed by atoms with E-state index in [1.54, 1.807) is 0 Å². The Kier molecular flexibility index (Phi) is 17.4. The highest BCUT2D eigenvalue weighted by Gasteiger charge is 2.13. The van der Waals surface area contributed by atoms with E-state index in [2.05, 4.69) is 42.3 Å². The number of aryl methyl sites for hydroxylation is 2. The molecular weight excluding hydrogens is 352 g/mol. The lowest BCUT2D eigenvalue weighted by atomic mass is 10.0. The third kappa shape index (κ3) is 13.2. The zero-order valence-electron chi connectivity index (χ0n) is 20.4. The maximum absolute atomic E-state index is 2.50. The number of aromatic nitrogens is 2. The first-order valence-corrected chi connectivity index (χ1v) is 13.4. The molecule has 0 aliphatic rings. The van der Waals surface area contributed by atoms with E-state index in [1.807, 2.05) is 0 Å². The highest BCUT2D eigenvalue weighted by atomic mass is 15.1. The monoisotopic (exact) mass is 405 g/mol. The lowest BCUT2D eigenvalue weighted by Crippen LogP contribution is -2.37. The fourth-order valence-electron chi connectivity index (χ4n) is 4.47. The molecule has 0 radical (unpaired) electrons. The molecule has 0 aliphatic heterocycles. The molecule has 0 fully saturated rings. The third-order valence-electron chi connectivity index (χ3n) is 6.41. The minimum absolute atomic E-state index is 1.15. The number of imidazole rings is 1. The van der Waals surface area contributed by atoms with Crippen LogP contribution in [-0.4, -0.2) is 4.57 Å². The first-order chi connectivity index (χ1) is 14.3. The van der Waals surface area contributed by atoms with Gasteiger partial charge in [-0.15, -0.1) is 0 Å². The van der Waals surface area contributed by atoms with Gasteiger partial charge in [-0.25, -0.2) is 9.13 Å². The summed E-state index contributed by atoms with van der Waals surface area (Å²) in [6, 6.07) is 0. The van der Waals surface area contributed by atoms with Crippen molar-refractivity contribution in [1.82, 2.24) is 4.57 Å². The molecule has 0 aromatic carbocycles. The van der Waals surface area contributed by atoms with Gasteiger partial charge in [0.2, 0.25) is 0 Å². The molecule has 1 rings (SSSR count). The Hall–Kier alpha value is -0.790. The molecule has 0 atom stereocenters. The lowest BCUT2D eigenvalue weighted by Gasteiger charge is -2.04. The fraction of sp³-hybridized carbons (Fsp3) is 0.889. The van der Waals surface area contributed by atoms with Gasteiger partial charge in [0.25, 0.3) is 5.82 Å². The van der Waals surface area contributed by atoms with Crippen molar-refractivity contribution in [1.29, 1.82) is 0 Å². The minimum atomic E-state index is 1.15. The van der Waals surface area contributed by atoms with E-state index in [-0.39, 0.29) is 0 Å². The predicted octanol–water partition coefficient (Wildman–Crippen LogP) is 8.40. The molecule has 0 N–H and O–H groups in total. The van der Waals surface area contributed by atoms with Crippen LogP contribution in [0.5, 0.6) is 0 Å². The van der Waals surface area contributed by atoms with Crippen LogP contribution in [0, 0.1) is 0 Å². The molecule has 0 unspecified atom stereocenters. The Bertz CT molecular complexity index is 463. The van der Waals surface area contributed by atoms with Gasteiger partial charge in [0.15, 0.2) is 0 Å². The van der Waals surface area contributed by atoms with E-state index in [0.717, 1.165) is 6.42 Å². The molecular formula is C27H53N2+. The van der Waals surface area contributed by atoms with Crippen molar-refractivity contribution in [2.75, 3.05) is 0 Å². The number of rotatable bonds is 21. The molecule has 29 heavy (non-hydrogen) atoms. The van der Waals surface area contributed by atoms with Gasteiger partial charge in [0.1, 0.15) is 12.4 Å². The van der Waals surface area contributed by atoms with E-state index in [9.17, 15) is 0 Å². The number of hydrogen-bond acceptors (Lipinski definition) is 0. The average molecular weight is 406 g/mol. The van der Waals surface area contributed by atoms with Crippen LogP contribution in [0.15, 0.2) is 12.4 Å². The molecule has 0 amide bonds. The zero-order chi connectivity index (χ0) is 21.0. The highest BCUT2D eigenvalue weighted by Crippen LogP contribution is 2.14. The van der Waals surface area contributed by atoms with Gasteiger partial charge in [-0.3, -0.25) is 0 Å². The summed E-state index contributed by atoms with van der Waals surface area (Å²) in [5.41, 5.74) is 0. The molecule has 1 aromatic heterocycles. The van der Waals surface area contributed by atoms with Gasteiger partial charge in [0, 0.05) is 6.42 Å². The summed E-state index contributed by atoms with van der Waals surface area (Å²) < 4.78 is 4.97. The van der Waals surface area contributed by atoms with Gasteiger partial charge in [-0.1, -0.05) is 117 Å². The first-order valence-electron chi connectivity index (χ1n) is 13.4. The molecule has 0 saturated carbocycles. The van der Waals surface area contributed by atoms with Crippen LogP contribution in [-0.2, 0) is 19.5 Å². The standard InChI is InChI=1S/C27H53N2/c1-4-7-9-10-11-12-13-14-15-16-17-18-19-20-21-22-24-29-26-25-28(23-8-5-2)27(29)6-3/h25-26H,4-24H2,1-3H3/q+1. The molecule has 0 spiro atoms. The molecule has 2 nitrogen and oxygen atoms in total. The Balaban J connectivity index is 1.90. The molecule has 0 saturated heterocycles. The van der Waals surface area contributed by atoms with Crippen LogP contribution < -0.4 is 4.57 Å². The van der Waals surface area contributed by atoms with Crippen LogP contribution in [0.4, 0.5) is 0 Å². The van der Waals surface area contributed by atoms with Gasteiger partial charge in [-0.2, -0.15) is 0 Å². The molecule has 0 aliphatic carbocycles. The van der Waals surface area contributed by atoms with Crippen molar-refractivity contribution in [3.05, 3.63) is 18.2 Å². The van der Waals surface area contributed by atoms with Gasteiger partial charge in [-0.05, 0) is 19.3 Å². The largest absolute Gasteiger partial charge is 0.256 e. The van der Waals surface area contributed by atoms with E-state index in [0.29, 0.717) is 0 Å². The minimum Gasteiger partial charge on any atom is -0.234 e. The van der Waals surface area contributed by atoms with Crippen molar-refractivity contribution in [3.8, 4) is 0 Å². The molecule has 170 valence electrons. The third-order valence-corrected chi connectivity index (χ3v) is 6.41. The van der Waals surface area contributed by atoms with E-state index in [1.165, 1.54) is 134 Å². The van der Waals surface area contributed by atoms with Crippen LogP contribution >= 0.6 is 0 Å². The van der Waals surface area contributed by atoms with Crippen LogP contribution in [0.1, 0.15) is 142 Å². The fourth-order valence-corrected chi connectivity index (χ4v) is 4.47. The second kappa shape index (κ2) is 19.2. The summed E-state index contributed by atoms with van der Waals surface area (Å²) in [7, 11) is 0. The van der Waals surface area contributed by atoms with Crippen LogP contribution in [0.25, 0.3) is 0 Å². The quantitative estimate of drug-likeness (QED) is 0.143. The summed E-state index contributed by atoms with van der Waals surface area (Å²) in [6.07, 6.45) is 31.4. The first kappa shape index (κ1) is 26.2. The smallest absolute Gasteiger partial charge is 0.234 e. The normalized spacial score (nSPS) is 11.4. The van der Waals surface area contributed by atoms with E-state index in [4.69, 9.17) is 0 Å². The average Bonchev–Trinajstić information content (AvgIpc) is 3.13. The van der Waals surface area contributed by atoms with Crippen molar-refractivity contribution < 1.29 is 4.57 Å². The second-order valence-corrected chi connectivity index (χ2v) is 9.11. The molecule has 2 heteroatoms. The maximum Gasteiger partial charge on any atom is 0.256 e. The Morgan fingerprint density at radius 1 is 0.586 bits per heavy atom. The van der Waals surface area contributed by atoms with Crippen LogP contribution in [0.3, 0.4) is 0 Å².